The lowest BCUT2D eigenvalue weighted by Gasteiger charge is -2.07. The van der Waals surface area contributed by atoms with Gasteiger partial charge in [-0.15, -0.1) is 0 Å². The lowest BCUT2D eigenvalue weighted by molar-refractivity contribution is -0.164. The Labute approximate surface area is 87.8 Å². The van der Waals surface area contributed by atoms with Crippen molar-refractivity contribution >= 4 is 5.97 Å². The highest BCUT2D eigenvalue weighted by molar-refractivity contribution is 5.81. The number of benzene rings is 1. The van der Waals surface area contributed by atoms with E-state index in [0.29, 0.717) is 0 Å². The molecule has 1 fully saturated rings. The highest BCUT2D eigenvalue weighted by atomic mass is 16.8. The van der Waals surface area contributed by atoms with Gasteiger partial charge in [-0.3, -0.25) is 0 Å². The van der Waals surface area contributed by atoms with Gasteiger partial charge in [0.2, 0.25) is 0 Å². The van der Waals surface area contributed by atoms with Gasteiger partial charge in [-0.05, 0) is 5.56 Å². The maximum atomic E-state index is 11.4. The van der Waals surface area contributed by atoms with Crippen LogP contribution in [0.15, 0.2) is 30.3 Å². The number of esters is 1. The lowest BCUT2D eigenvalue weighted by Crippen LogP contribution is -2.28. The van der Waals surface area contributed by atoms with Gasteiger partial charge >= 0.3 is 11.8 Å². The maximum Gasteiger partial charge on any atom is 0.369 e. The van der Waals surface area contributed by atoms with Crippen molar-refractivity contribution in [3.8, 4) is 0 Å². The van der Waals surface area contributed by atoms with Crippen LogP contribution in [0.25, 0.3) is 0 Å². The molecule has 1 saturated heterocycles. The first-order chi connectivity index (χ1) is 7.24. The SMILES string of the molecule is COC(=O)C1(OC)OC1c1ccccc1. The van der Waals surface area contributed by atoms with E-state index in [9.17, 15) is 4.79 Å². The normalized spacial score (nSPS) is 28.5. The van der Waals surface area contributed by atoms with Crippen LogP contribution in [0.5, 0.6) is 0 Å². The summed E-state index contributed by atoms with van der Waals surface area (Å²) in [7, 11) is 2.74. The first-order valence-corrected chi connectivity index (χ1v) is 4.61. The Hall–Kier alpha value is -1.39. The second-order valence-corrected chi connectivity index (χ2v) is 3.27. The van der Waals surface area contributed by atoms with Crippen molar-refractivity contribution in [2.45, 2.75) is 11.9 Å². The zero-order valence-corrected chi connectivity index (χ0v) is 8.60. The summed E-state index contributed by atoms with van der Waals surface area (Å²) in [5.41, 5.74) is 0.907. The van der Waals surface area contributed by atoms with E-state index in [1.54, 1.807) is 0 Å². The molecule has 2 unspecified atom stereocenters. The van der Waals surface area contributed by atoms with E-state index in [2.05, 4.69) is 4.74 Å². The minimum absolute atomic E-state index is 0.365. The number of methoxy groups -OCH3 is 2. The van der Waals surface area contributed by atoms with Gasteiger partial charge in [0, 0.05) is 7.11 Å². The fourth-order valence-corrected chi connectivity index (χ4v) is 1.59. The van der Waals surface area contributed by atoms with Crippen molar-refractivity contribution in [3.63, 3.8) is 0 Å². The number of hydrogen-bond acceptors (Lipinski definition) is 4. The molecule has 0 N–H and O–H groups in total. The molecule has 0 aliphatic carbocycles. The van der Waals surface area contributed by atoms with Gasteiger partial charge < -0.3 is 14.2 Å². The molecule has 0 spiro atoms. The van der Waals surface area contributed by atoms with Gasteiger partial charge in [-0.1, -0.05) is 30.3 Å². The Morgan fingerprint density at radius 1 is 1.33 bits per heavy atom. The highest BCUT2D eigenvalue weighted by Crippen LogP contribution is 2.50. The highest BCUT2D eigenvalue weighted by Gasteiger charge is 2.66. The molecule has 2 rings (SSSR count). The van der Waals surface area contributed by atoms with Crippen LogP contribution in [0.4, 0.5) is 0 Å². The van der Waals surface area contributed by atoms with Crippen molar-refractivity contribution in [1.82, 2.24) is 0 Å². The van der Waals surface area contributed by atoms with Crippen LogP contribution in [0.2, 0.25) is 0 Å². The minimum Gasteiger partial charge on any atom is -0.465 e. The summed E-state index contributed by atoms with van der Waals surface area (Å²) in [6.45, 7) is 0. The monoisotopic (exact) mass is 208 g/mol. The molecule has 4 heteroatoms. The van der Waals surface area contributed by atoms with Crippen molar-refractivity contribution in [1.29, 1.82) is 0 Å². The number of ether oxygens (including phenoxy) is 3. The third-order valence-electron chi connectivity index (χ3n) is 2.46. The quantitative estimate of drug-likeness (QED) is 0.554. The Balaban J connectivity index is 2.20. The van der Waals surface area contributed by atoms with Crippen LogP contribution in [0, 0.1) is 0 Å². The Morgan fingerprint density at radius 2 is 2.00 bits per heavy atom. The van der Waals surface area contributed by atoms with Gasteiger partial charge in [-0.25, -0.2) is 4.79 Å². The second kappa shape index (κ2) is 3.64. The van der Waals surface area contributed by atoms with Crippen LogP contribution < -0.4 is 0 Å². The summed E-state index contributed by atoms with van der Waals surface area (Å²) in [5.74, 6) is -1.74. The van der Waals surface area contributed by atoms with Crippen molar-refractivity contribution < 1.29 is 19.0 Å². The van der Waals surface area contributed by atoms with Crippen LogP contribution >= 0.6 is 0 Å². The van der Waals surface area contributed by atoms with E-state index in [4.69, 9.17) is 9.47 Å². The Morgan fingerprint density at radius 3 is 2.53 bits per heavy atom. The fourth-order valence-electron chi connectivity index (χ4n) is 1.59. The van der Waals surface area contributed by atoms with Gasteiger partial charge in [-0.2, -0.15) is 0 Å². The average molecular weight is 208 g/mol. The number of carbonyl (C=O) groups is 1. The zero-order chi connectivity index (χ0) is 10.9. The molecule has 2 atom stereocenters. The molecular weight excluding hydrogens is 196 g/mol. The second-order valence-electron chi connectivity index (χ2n) is 3.27. The van der Waals surface area contributed by atoms with Gasteiger partial charge in [0.25, 0.3) is 0 Å². The van der Waals surface area contributed by atoms with Crippen LogP contribution in [0.1, 0.15) is 11.7 Å². The third kappa shape index (κ3) is 1.52. The Bertz CT molecular complexity index is 362. The van der Waals surface area contributed by atoms with E-state index in [1.165, 1.54) is 14.2 Å². The number of rotatable bonds is 3. The van der Waals surface area contributed by atoms with Crippen molar-refractivity contribution in [3.05, 3.63) is 35.9 Å². The summed E-state index contributed by atoms with van der Waals surface area (Å²) in [6, 6.07) is 9.44. The smallest absolute Gasteiger partial charge is 0.369 e. The standard InChI is InChI=1S/C11H12O4/c1-13-10(12)11(14-2)9(15-11)8-6-4-3-5-7-8/h3-7,9H,1-2H3. The molecule has 1 aromatic rings. The molecule has 1 aromatic carbocycles. The van der Waals surface area contributed by atoms with Crippen LogP contribution in [-0.2, 0) is 19.0 Å². The molecule has 1 heterocycles. The number of carbonyl (C=O) groups excluding carboxylic acids is 1. The minimum atomic E-state index is -1.24. The van der Waals surface area contributed by atoms with E-state index in [-0.39, 0.29) is 6.10 Å². The van der Waals surface area contributed by atoms with Crippen molar-refractivity contribution in [2.75, 3.05) is 14.2 Å². The summed E-state index contributed by atoms with van der Waals surface area (Å²) in [4.78, 5) is 11.4. The predicted octanol–water partition coefficient (Wildman–Crippen LogP) is 1.27. The van der Waals surface area contributed by atoms with Crippen LogP contribution in [0.3, 0.4) is 0 Å². The molecule has 0 bridgehead atoms. The lowest BCUT2D eigenvalue weighted by atomic mass is 10.1. The molecule has 0 saturated carbocycles. The average Bonchev–Trinajstić information content (AvgIpc) is 3.05. The predicted molar refractivity (Wildman–Crippen MR) is 52.0 cm³/mol. The first-order valence-electron chi connectivity index (χ1n) is 4.61. The Kier molecular flexibility index (Phi) is 2.46. The molecule has 15 heavy (non-hydrogen) atoms. The zero-order valence-electron chi connectivity index (χ0n) is 8.60. The fraction of sp³-hybridized carbons (Fsp3) is 0.364. The summed E-state index contributed by atoms with van der Waals surface area (Å²) < 4.78 is 15.0. The largest absolute Gasteiger partial charge is 0.465 e. The van der Waals surface area contributed by atoms with Gasteiger partial charge in [0.05, 0.1) is 7.11 Å². The molecule has 1 aliphatic heterocycles. The number of hydrogen-bond donors (Lipinski definition) is 0. The molecular formula is C11H12O4. The van der Waals surface area contributed by atoms with E-state index >= 15 is 0 Å². The van der Waals surface area contributed by atoms with Gasteiger partial charge in [0.1, 0.15) is 0 Å². The molecule has 0 radical (unpaired) electrons. The van der Waals surface area contributed by atoms with E-state index < -0.39 is 11.8 Å². The topological polar surface area (TPSA) is 48.1 Å². The molecule has 80 valence electrons. The van der Waals surface area contributed by atoms with Crippen molar-refractivity contribution in [2.24, 2.45) is 0 Å². The number of epoxide rings is 1. The molecule has 4 nitrogen and oxygen atoms in total. The summed E-state index contributed by atoms with van der Waals surface area (Å²) >= 11 is 0. The summed E-state index contributed by atoms with van der Waals surface area (Å²) in [6.07, 6.45) is -0.365. The van der Waals surface area contributed by atoms with Crippen LogP contribution in [-0.4, -0.2) is 26.0 Å². The third-order valence-corrected chi connectivity index (χ3v) is 2.46. The van der Waals surface area contributed by atoms with E-state index in [0.717, 1.165) is 5.56 Å². The molecule has 1 aliphatic rings. The maximum absolute atomic E-state index is 11.4. The van der Waals surface area contributed by atoms with Gasteiger partial charge in [0.15, 0.2) is 6.10 Å². The van der Waals surface area contributed by atoms with E-state index in [1.807, 2.05) is 30.3 Å². The molecule has 0 amide bonds. The first kappa shape index (κ1) is 10.1. The molecule has 0 aromatic heterocycles. The summed E-state index contributed by atoms with van der Waals surface area (Å²) in [5, 5.41) is 0.